The smallest absolute Gasteiger partial charge is 0.451 e. The van der Waals surface area contributed by atoms with Crippen molar-refractivity contribution >= 4 is 13.1 Å². The molecule has 1 aromatic rings. The summed E-state index contributed by atoms with van der Waals surface area (Å²) in [6.07, 6.45) is 4.65. The third kappa shape index (κ3) is 4.84. The predicted molar refractivity (Wildman–Crippen MR) is 97.0 cm³/mol. The molecule has 25 heavy (non-hydrogen) atoms. The molecule has 5 nitrogen and oxygen atoms in total. The molecule has 0 amide bonds. The van der Waals surface area contributed by atoms with Crippen molar-refractivity contribution in [1.29, 1.82) is 0 Å². The zero-order chi connectivity index (χ0) is 17.8. The van der Waals surface area contributed by atoms with Crippen LogP contribution in [0.3, 0.4) is 0 Å². The topological polar surface area (TPSA) is 81.0 Å². The van der Waals surface area contributed by atoms with Crippen LogP contribution in [0.2, 0.25) is 6.32 Å². The number of nitrogens with zero attached hydrogens (tertiary/aromatic N) is 1. The number of carboxylic acids is 1. The van der Waals surface area contributed by atoms with Crippen molar-refractivity contribution < 1.29 is 19.9 Å². The average Bonchev–Trinajstić information content (AvgIpc) is 2.60. The second kappa shape index (κ2) is 8.34. The summed E-state index contributed by atoms with van der Waals surface area (Å²) in [5.74, 6) is -0.525. The van der Waals surface area contributed by atoms with Gasteiger partial charge in [-0.15, -0.1) is 0 Å². The lowest BCUT2D eigenvalue weighted by Crippen LogP contribution is -2.41. The molecule has 1 saturated carbocycles. The van der Waals surface area contributed by atoms with Gasteiger partial charge in [0.05, 0.1) is 5.92 Å². The molecule has 0 radical (unpaired) electrons. The van der Waals surface area contributed by atoms with Gasteiger partial charge >= 0.3 is 13.1 Å². The SMILES string of the molecule is O=C(O)[C@H]1C[C@H](CCB(O)O)CC[C@H]1CN1CCc2ccccc2C1. The van der Waals surface area contributed by atoms with Crippen LogP contribution in [-0.4, -0.2) is 46.2 Å². The lowest BCUT2D eigenvalue weighted by Gasteiger charge is -2.38. The molecule has 0 saturated heterocycles. The van der Waals surface area contributed by atoms with Gasteiger partial charge in [0.1, 0.15) is 0 Å². The molecule has 1 aliphatic heterocycles. The van der Waals surface area contributed by atoms with E-state index in [1.165, 1.54) is 11.1 Å². The van der Waals surface area contributed by atoms with Gasteiger partial charge in [0.15, 0.2) is 0 Å². The molecule has 2 aliphatic rings. The van der Waals surface area contributed by atoms with Crippen LogP contribution in [0.15, 0.2) is 24.3 Å². The maximum atomic E-state index is 11.8. The zero-order valence-electron chi connectivity index (χ0n) is 14.7. The quantitative estimate of drug-likeness (QED) is 0.688. The Bertz CT molecular complexity index is 595. The van der Waals surface area contributed by atoms with Crippen molar-refractivity contribution in [3.8, 4) is 0 Å². The third-order valence-electron chi connectivity index (χ3n) is 5.95. The first kappa shape index (κ1) is 18.4. The fourth-order valence-electron chi connectivity index (χ4n) is 4.53. The van der Waals surface area contributed by atoms with Gasteiger partial charge in [-0.3, -0.25) is 9.69 Å². The lowest BCUT2D eigenvalue weighted by molar-refractivity contribution is -0.146. The molecule has 3 rings (SSSR count). The van der Waals surface area contributed by atoms with Gasteiger partial charge in [-0.25, -0.2) is 0 Å². The minimum atomic E-state index is -1.28. The van der Waals surface area contributed by atoms with Gasteiger partial charge in [-0.05, 0) is 48.5 Å². The first-order valence-corrected chi connectivity index (χ1v) is 9.41. The van der Waals surface area contributed by atoms with Gasteiger partial charge < -0.3 is 15.2 Å². The van der Waals surface area contributed by atoms with Gasteiger partial charge in [0.25, 0.3) is 0 Å². The first-order chi connectivity index (χ1) is 12.0. The van der Waals surface area contributed by atoms with E-state index in [0.29, 0.717) is 25.1 Å². The highest BCUT2D eigenvalue weighted by Gasteiger charge is 2.36. The average molecular weight is 345 g/mol. The highest BCUT2D eigenvalue weighted by Crippen LogP contribution is 2.37. The van der Waals surface area contributed by atoms with Crippen LogP contribution >= 0.6 is 0 Å². The third-order valence-corrected chi connectivity index (χ3v) is 5.95. The molecular weight excluding hydrogens is 317 g/mol. The van der Waals surface area contributed by atoms with Crippen molar-refractivity contribution in [2.24, 2.45) is 17.8 Å². The van der Waals surface area contributed by atoms with Crippen LogP contribution < -0.4 is 0 Å². The maximum Gasteiger partial charge on any atom is 0.451 e. The van der Waals surface area contributed by atoms with E-state index < -0.39 is 13.1 Å². The van der Waals surface area contributed by atoms with Gasteiger partial charge in [-0.1, -0.05) is 37.1 Å². The summed E-state index contributed by atoms with van der Waals surface area (Å²) in [4.78, 5) is 14.2. The van der Waals surface area contributed by atoms with Crippen molar-refractivity contribution in [2.45, 2.75) is 45.0 Å². The number of rotatable bonds is 6. The Labute approximate surface area is 149 Å². The number of fused-ring (bicyclic) bond motifs is 1. The van der Waals surface area contributed by atoms with Gasteiger partial charge in [0.2, 0.25) is 0 Å². The number of aliphatic carboxylic acids is 1. The van der Waals surface area contributed by atoms with E-state index in [1.807, 2.05) is 0 Å². The largest absolute Gasteiger partial charge is 0.481 e. The number of carbonyl (C=O) groups is 1. The molecule has 6 heteroatoms. The van der Waals surface area contributed by atoms with Crippen LogP contribution in [0.25, 0.3) is 0 Å². The van der Waals surface area contributed by atoms with Gasteiger partial charge in [0, 0.05) is 19.6 Å². The van der Waals surface area contributed by atoms with Crippen molar-refractivity contribution in [3.05, 3.63) is 35.4 Å². The van der Waals surface area contributed by atoms with Crippen LogP contribution in [0.5, 0.6) is 0 Å². The van der Waals surface area contributed by atoms with Crippen molar-refractivity contribution in [3.63, 3.8) is 0 Å². The number of benzene rings is 1. The fraction of sp³-hybridized carbons (Fsp3) is 0.632. The molecule has 1 heterocycles. The molecule has 0 bridgehead atoms. The number of hydrogen-bond donors (Lipinski definition) is 3. The molecule has 3 N–H and O–H groups in total. The molecule has 0 unspecified atom stereocenters. The molecular formula is C19H28BNO4. The van der Waals surface area contributed by atoms with E-state index in [4.69, 9.17) is 10.0 Å². The van der Waals surface area contributed by atoms with E-state index in [1.54, 1.807) is 0 Å². The Balaban J connectivity index is 1.58. The molecule has 0 spiro atoms. The van der Waals surface area contributed by atoms with Crippen LogP contribution in [-0.2, 0) is 17.8 Å². The molecule has 0 aromatic heterocycles. The molecule has 1 aromatic carbocycles. The molecule has 1 fully saturated rings. The summed E-state index contributed by atoms with van der Waals surface area (Å²) in [5.41, 5.74) is 2.78. The summed E-state index contributed by atoms with van der Waals surface area (Å²) in [6, 6.07) is 8.52. The summed E-state index contributed by atoms with van der Waals surface area (Å²) < 4.78 is 0. The van der Waals surface area contributed by atoms with E-state index in [-0.39, 0.29) is 11.8 Å². The van der Waals surface area contributed by atoms with E-state index >= 15 is 0 Å². The molecule has 136 valence electrons. The summed E-state index contributed by atoms with van der Waals surface area (Å²) in [6.45, 7) is 2.76. The lowest BCUT2D eigenvalue weighted by atomic mass is 9.69. The summed E-state index contributed by atoms with van der Waals surface area (Å²) >= 11 is 0. The first-order valence-electron chi connectivity index (χ1n) is 9.41. The zero-order valence-corrected chi connectivity index (χ0v) is 14.7. The van der Waals surface area contributed by atoms with E-state index in [0.717, 1.165) is 38.9 Å². The minimum Gasteiger partial charge on any atom is -0.481 e. The Hall–Kier alpha value is -1.37. The Morgan fingerprint density at radius 2 is 1.96 bits per heavy atom. The standard InChI is InChI=1S/C19H28BNO4/c22-19(23)18-11-14(7-9-20(24)25)5-6-17(18)13-21-10-8-15-3-1-2-4-16(15)12-21/h1-4,14,17-18,24-25H,5-13H2,(H,22,23)/t14-,17-,18-/m0/s1. The van der Waals surface area contributed by atoms with E-state index in [2.05, 4.69) is 29.2 Å². The van der Waals surface area contributed by atoms with Crippen LogP contribution in [0.1, 0.15) is 36.8 Å². The van der Waals surface area contributed by atoms with Crippen LogP contribution in [0.4, 0.5) is 0 Å². The minimum absolute atomic E-state index is 0.193. The normalized spacial score (nSPS) is 26.9. The second-order valence-electron chi connectivity index (χ2n) is 7.70. The summed E-state index contributed by atoms with van der Waals surface area (Å²) in [7, 11) is -1.28. The van der Waals surface area contributed by atoms with Gasteiger partial charge in [-0.2, -0.15) is 0 Å². The molecule has 3 atom stereocenters. The maximum absolute atomic E-state index is 11.8. The number of carboxylic acid groups (broad SMARTS) is 1. The van der Waals surface area contributed by atoms with Crippen molar-refractivity contribution in [2.75, 3.05) is 13.1 Å². The highest BCUT2D eigenvalue weighted by atomic mass is 16.4. The Morgan fingerprint density at radius 1 is 1.20 bits per heavy atom. The highest BCUT2D eigenvalue weighted by molar-refractivity contribution is 6.40. The van der Waals surface area contributed by atoms with E-state index in [9.17, 15) is 9.90 Å². The number of hydrogen-bond acceptors (Lipinski definition) is 4. The Morgan fingerprint density at radius 3 is 2.68 bits per heavy atom. The van der Waals surface area contributed by atoms with Crippen molar-refractivity contribution in [1.82, 2.24) is 4.90 Å². The second-order valence-corrected chi connectivity index (χ2v) is 7.70. The fourth-order valence-corrected chi connectivity index (χ4v) is 4.53. The Kier molecular flexibility index (Phi) is 6.15. The monoisotopic (exact) mass is 345 g/mol. The summed E-state index contributed by atoms with van der Waals surface area (Å²) in [5, 5.41) is 27.8. The molecule has 1 aliphatic carbocycles. The predicted octanol–water partition coefficient (Wildman–Crippen LogP) is 2.02. The van der Waals surface area contributed by atoms with Crippen LogP contribution in [0, 0.1) is 17.8 Å².